The molecule has 0 aliphatic carbocycles. The summed E-state index contributed by atoms with van der Waals surface area (Å²) >= 11 is 0. The molecule has 0 spiro atoms. The maximum absolute atomic E-state index is 12.5. The molecule has 0 unspecified atom stereocenters. The highest BCUT2D eigenvalue weighted by atomic mass is 32.2. The van der Waals surface area contributed by atoms with Gasteiger partial charge in [0.05, 0.1) is 10.8 Å². The Bertz CT molecular complexity index is 863. The van der Waals surface area contributed by atoms with Crippen LogP contribution in [0.5, 0.6) is 0 Å². The van der Waals surface area contributed by atoms with Gasteiger partial charge in [0.2, 0.25) is 15.9 Å². The molecule has 0 fully saturated rings. The van der Waals surface area contributed by atoms with Crippen molar-refractivity contribution >= 4 is 21.6 Å². The maximum atomic E-state index is 12.5. The standard InChI is InChI=1S/C18H20N2O3S/c1-12(14-6-4-3-5-7-14)11-19-24(22,23)15-8-9-17-16(10-15)13(2)18(21)20-17/h3-10,12-13,19H,11H2,1-2H3,(H,20,21)/t12-,13+/m0/s1. The van der Waals surface area contributed by atoms with Gasteiger partial charge >= 0.3 is 0 Å². The monoisotopic (exact) mass is 344 g/mol. The van der Waals surface area contributed by atoms with Crippen LogP contribution in [0.3, 0.4) is 0 Å². The van der Waals surface area contributed by atoms with E-state index in [1.807, 2.05) is 37.3 Å². The van der Waals surface area contributed by atoms with Gasteiger partial charge in [-0.3, -0.25) is 4.79 Å². The van der Waals surface area contributed by atoms with Gasteiger partial charge in [0, 0.05) is 12.2 Å². The third-order valence-electron chi connectivity index (χ3n) is 4.40. The molecule has 0 bridgehead atoms. The Morgan fingerprint density at radius 1 is 1.17 bits per heavy atom. The van der Waals surface area contributed by atoms with E-state index in [2.05, 4.69) is 10.0 Å². The molecular formula is C18H20N2O3S. The van der Waals surface area contributed by atoms with Crippen LogP contribution in [-0.2, 0) is 14.8 Å². The summed E-state index contributed by atoms with van der Waals surface area (Å²) < 4.78 is 27.7. The Morgan fingerprint density at radius 3 is 2.58 bits per heavy atom. The zero-order valence-electron chi connectivity index (χ0n) is 13.6. The zero-order valence-corrected chi connectivity index (χ0v) is 14.4. The molecule has 1 amide bonds. The van der Waals surface area contributed by atoms with Gasteiger partial charge in [-0.1, -0.05) is 37.3 Å². The summed E-state index contributed by atoms with van der Waals surface area (Å²) in [6.45, 7) is 4.06. The van der Waals surface area contributed by atoms with Gasteiger partial charge in [-0.2, -0.15) is 0 Å². The van der Waals surface area contributed by atoms with Crippen molar-refractivity contribution in [3.05, 3.63) is 59.7 Å². The SMILES string of the molecule is C[C@@H](CNS(=O)(=O)c1ccc2c(c1)[C@@H](C)C(=O)N2)c1ccccc1. The number of hydrogen-bond donors (Lipinski definition) is 2. The second-order valence-corrected chi connectivity index (χ2v) is 7.89. The summed E-state index contributed by atoms with van der Waals surface area (Å²) in [6, 6.07) is 14.5. The van der Waals surface area contributed by atoms with Crippen LogP contribution in [0.25, 0.3) is 0 Å². The van der Waals surface area contributed by atoms with E-state index < -0.39 is 10.0 Å². The van der Waals surface area contributed by atoms with Crippen LogP contribution in [-0.4, -0.2) is 20.9 Å². The van der Waals surface area contributed by atoms with Crippen LogP contribution < -0.4 is 10.0 Å². The molecule has 0 saturated carbocycles. The summed E-state index contributed by atoms with van der Waals surface area (Å²) in [5, 5.41) is 2.74. The third-order valence-corrected chi connectivity index (χ3v) is 5.82. The fourth-order valence-electron chi connectivity index (χ4n) is 2.78. The average molecular weight is 344 g/mol. The molecule has 2 aromatic rings. The molecule has 6 heteroatoms. The number of sulfonamides is 1. The lowest BCUT2D eigenvalue weighted by Gasteiger charge is -2.14. The van der Waals surface area contributed by atoms with Gasteiger partial charge in [-0.25, -0.2) is 13.1 Å². The highest BCUT2D eigenvalue weighted by Gasteiger charge is 2.28. The van der Waals surface area contributed by atoms with Gasteiger partial charge < -0.3 is 5.32 Å². The van der Waals surface area contributed by atoms with Crippen molar-refractivity contribution in [1.82, 2.24) is 4.72 Å². The summed E-state index contributed by atoms with van der Waals surface area (Å²) in [7, 11) is -3.61. The van der Waals surface area contributed by atoms with Gasteiger partial charge in [0.1, 0.15) is 0 Å². The molecule has 1 aliphatic rings. The fraction of sp³-hybridized carbons (Fsp3) is 0.278. The lowest BCUT2D eigenvalue weighted by molar-refractivity contribution is -0.116. The highest BCUT2D eigenvalue weighted by molar-refractivity contribution is 7.89. The quantitative estimate of drug-likeness (QED) is 0.876. The largest absolute Gasteiger partial charge is 0.325 e. The van der Waals surface area contributed by atoms with E-state index in [1.165, 1.54) is 6.07 Å². The topological polar surface area (TPSA) is 75.3 Å². The minimum atomic E-state index is -3.61. The first-order chi connectivity index (χ1) is 11.4. The van der Waals surface area contributed by atoms with Crippen molar-refractivity contribution in [2.75, 3.05) is 11.9 Å². The van der Waals surface area contributed by atoms with E-state index in [0.717, 1.165) is 11.1 Å². The number of fused-ring (bicyclic) bond motifs is 1. The maximum Gasteiger partial charge on any atom is 0.240 e. The lowest BCUT2D eigenvalue weighted by atomic mass is 10.0. The van der Waals surface area contributed by atoms with Gasteiger partial charge in [0.25, 0.3) is 0 Å². The Hall–Kier alpha value is -2.18. The zero-order chi connectivity index (χ0) is 17.3. The highest BCUT2D eigenvalue weighted by Crippen LogP contribution is 2.33. The van der Waals surface area contributed by atoms with Crippen LogP contribution in [0.1, 0.15) is 36.8 Å². The Morgan fingerprint density at radius 2 is 1.88 bits per heavy atom. The number of hydrogen-bond acceptors (Lipinski definition) is 3. The molecule has 24 heavy (non-hydrogen) atoms. The van der Waals surface area contributed by atoms with Crippen LogP contribution in [0.15, 0.2) is 53.4 Å². The van der Waals surface area contributed by atoms with Crippen molar-refractivity contribution in [1.29, 1.82) is 0 Å². The van der Waals surface area contributed by atoms with Gasteiger partial charge in [-0.05, 0) is 42.2 Å². The molecular weight excluding hydrogens is 324 g/mol. The van der Waals surface area contributed by atoms with Gasteiger partial charge in [-0.15, -0.1) is 0 Å². The van der Waals surface area contributed by atoms with Crippen molar-refractivity contribution in [3.63, 3.8) is 0 Å². The second-order valence-electron chi connectivity index (χ2n) is 6.12. The predicted molar refractivity (Wildman–Crippen MR) is 93.5 cm³/mol. The Labute approximate surface area is 142 Å². The second kappa shape index (κ2) is 6.37. The molecule has 0 saturated heterocycles. The van der Waals surface area contributed by atoms with Gasteiger partial charge in [0.15, 0.2) is 0 Å². The van der Waals surface area contributed by atoms with E-state index in [0.29, 0.717) is 12.2 Å². The number of rotatable bonds is 5. The molecule has 2 N–H and O–H groups in total. The first-order valence-electron chi connectivity index (χ1n) is 7.88. The number of nitrogens with one attached hydrogen (secondary N) is 2. The van der Waals surface area contributed by atoms with Crippen molar-refractivity contribution in [2.24, 2.45) is 0 Å². The Balaban J connectivity index is 1.76. The molecule has 1 aliphatic heterocycles. The predicted octanol–water partition coefficient (Wildman–Crippen LogP) is 2.82. The van der Waals surface area contributed by atoms with Crippen molar-refractivity contribution < 1.29 is 13.2 Å². The number of carbonyl (C=O) groups excluding carboxylic acids is 1. The summed E-state index contributed by atoms with van der Waals surface area (Å²) in [6.07, 6.45) is 0. The minimum absolute atomic E-state index is 0.0672. The normalized spacial score (nSPS) is 18.1. The van der Waals surface area contributed by atoms with Crippen molar-refractivity contribution in [3.8, 4) is 0 Å². The van der Waals surface area contributed by atoms with E-state index in [4.69, 9.17) is 0 Å². The van der Waals surface area contributed by atoms with E-state index >= 15 is 0 Å². The summed E-state index contributed by atoms with van der Waals surface area (Å²) in [5.74, 6) is -0.374. The molecule has 5 nitrogen and oxygen atoms in total. The van der Waals surface area contributed by atoms with Crippen LogP contribution >= 0.6 is 0 Å². The van der Waals surface area contributed by atoms with Crippen molar-refractivity contribution in [2.45, 2.75) is 30.6 Å². The molecule has 0 radical (unpaired) electrons. The van der Waals surface area contributed by atoms with Crippen LogP contribution in [0.4, 0.5) is 5.69 Å². The first kappa shape index (κ1) is 16.7. The summed E-state index contributed by atoms with van der Waals surface area (Å²) in [4.78, 5) is 11.9. The molecule has 126 valence electrons. The van der Waals surface area contributed by atoms with E-state index in [-0.39, 0.29) is 22.6 Å². The molecule has 3 rings (SSSR count). The lowest BCUT2D eigenvalue weighted by Crippen LogP contribution is -2.27. The molecule has 0 aromatic heterocycles. The first-order valence-corrected chi connectivity index (χ1v) is 9.36. The summed E-state index contributed by atoms with van der Waals surface area (Å²) in [5.41, 5.74) is 2.49. The third kappa shape index (κ3) is 3.20. The van der Waals surface area contributed by atoms with E-state index in [1.54, 1.807) is 19.1 Å². The smallest absolute Gasteiger partial charge is 0.240 e. The average Bonchev–Trinajstić information content (AvgIpc) is 2.87. The van der Waals surface area contributed by atoms with E-state index in [9.17, 15) is 13.2 Å². The molecule has 2 aromatic carbocycles. The van der Waals surface area contributed by atoms with Crippen LogP contribution in [0, 0.1) is 0 Å². The Kier molecular flexibility index (Phi) is 4.43. The number of carbonyl (C=O) groups is 1. The fourth-order valence-corrected chi connectivity index (χ4v) is 3.95. The van der Waals surface area contributed by atoms with Crippen LogP contribution in [0.2, 0.25) is 0 Å². The number of benzene rings is 2. The minimum Gasteiger partial charge on any atom is -0.325 e. The number of amides is 1. The molecule has 1 heterocycles. The molecule has 2 atom stereocenters. The number of anilines is 1.